The molecule has 2 aromatic rings. The van der Waals surface area contributed by atoms with Crippen molar-refractivity contribution in [3.63, 3.8) is 0 Å². The maximum Gasteiger partial charge on any atom is 0.335 e. The molecule has 1 aromatic carbocycles. The van der Waals surface area contributed by atoms with Gasteiger partial charge in [-0.05, 0) is 23.8 Å². The standard InChI is InChI=1S/C16H16F2N2O3/c17-14(18)10-23-15-13(2-1-7-20-15)9-19-8-11-3-5-12(6-4-11)16(21)22/h1-7,14,19H,8-10H2,(H,21,22). The molecule has 122 valence electrons. The van der Waals surface area contributed by atoms with Gasteiger partial charge in [-0.2, -0.15) is 0 Å². The van der Waals surface area contributed by atoms with Crippen LogP contribution in [0, 0.1) is 0 Å². The third kappa shape index (κ3) is 5.30. The second-order valence-corrected chi connectivity index (χ2v) is 4.78. The number of aromatic nitrogens is 1. The lowest BCUT2D eigenvalue weighted by molar-refractivity contribution is 0.0696. The molecular formula is C16H16F2N2O3. The number of aromatic carboxylic acids is 1. The molecule has 0 aliphatic rings. The van der Waals surface area contributed by atoms with Gasteiger partial charge in [0.1, 0.15) is 0 Å². The van der Waals surface area contributed by atoms with E-state index in [4.69, 9.17) is 9.84 Å². The minimum atomic E-state index is -2.55. The summed E-state index contributed by atoms with van der Waals surface area (Å²) in [4.78, 5) is 14.7. The predicted molar refractivity (Wildman–Crippen MR) is 79.7 cm³/mol. The van der Waals surface area contributed by atoms with Gasteiger partial charge in [0.25, 0.3) is 6.43 Å². The van der Waals surface area contributed by atoms with Crippen LogP contribution >= 0.6 is 0 Å². The summed E-state index contributed by atoms with van der Waals surface area (Å²) in [7, 11) is 0. The lowest BCUT2D eigenvalue weighted by Gasteiger charge is -2.11. The van der Waals surface area contributed by atoms with E-state index in [1.807, 2.05) is 0 Å². The van der Waals surface area contributed by atoms with Crippen LogP contribution < -0.4 is 10.1 Å². The fourth-order valence-corrected chi connectivity index (χ4v) is 1.94. The molecule has 2 N–H and O–H groups in total. The lowest BCUT2D eigenvalue weighted by Crippen LogP contribution is -2.15. The number of hydrogen-bond donors (Lipinski definition) is 2. The van der Waals surface area contributed by atoms with Gasteiger partial charge in [0.05, 0.1) is 5.56 Å². The van der Waals surface area contributed by atoms with Crippen molar-refractivity contribution in [1.82, 2.24) is 10.3 Å². The average molecular weight is 322 g/mol. The molecule has 0 amide bonds. The highest BCUT2D eigenvalue weighted by molar-refractivity contribution is 5.87. The van der Waals surface area contributed by atoms with E-state index in [0.29, 0.717) is 18.7 Å². The van der Waals surface area contributed by atoms with Crippen LogP contribution in [0.5, 0.6) is 5.88 Å². The Kier molecular flexibility index (Phi) is 5.99. The fraction of sp³-hybridized carbons (Fsp3) is 0.250. The highest BCUT2D eigenvalue weighted by atomic mass is 19.3. The Balaban J connectivity index is 1.89. The van der Waals surface area contributed by atoms with Gasteiger partial charge in [0, 0.05) is 24.8 Å². The molecule has 0 aliphatic heterocycles. The molecular weight excluding hydrogens is 306 g/mol. The summed E-state index contributed by atoms with van der Waals surface area (Å²) in [6, 6.07) is 9.94. The minimum absolute atomic E-state index is 0.182. The molecule has 1 heterocycles. The second-order valence-electron chi connectivity index (χ2n) is 4.78. The maximum absolute atomic E-state index is 12.2. The SMILES string of the molecule is O=C(O)c1ccc(CNCc2cccnc2OCC(F)F)cc1. The van der Waals surface area contributed by atoms with Crippen molar-refractivity contribution in [2.75, 3.05) is 6.61 Å². The molecule has 7 heteroatoms. The summed E-state index contributed by atoms with van der Waals surface area (Å²) in [6.45, 7) is 0.205. The summed E-state index contributed by atoms with van der Waals surface area (Å²) < 4.78 is 29.4. The van der Waals surface area contributed by atoms with Gasteiger partial charge in [-0.25, -0.2) is 18.6 Å². The summed E-state index contributed by atoms with van der Waals surface area (Å²) in [5, 5.41) is 12.0. The number of carboxylic acids is 1. The summed E-state index contributed by atoms with van der Waals surface area (Å²) in [6.07, 6.45) is -1.07. The van der Waals surface area contributed by atoms with Gasteiger partial charge >= 0.3 is 5.97 Å². The predicted octanol–water partition coefficient (Wildman–Crippen LogP) is 2.71. The van der Waals surface area contributed by atoms with Gasteiger partial charge in [0.15, 0.2) is 6.61 Å². The number of nitrogens with zero attached hydrogens (tertiary/aromatic N) is 1. The van der Waals surface area contributed by atoms with Gasteiger partial charge in [-0.15, -0.1) is 0 Å². The first kappa shape index (κ1) is 16.8. The maximum atomic E-state index is 12.2. The highest BCUT2D eigenvalue weighted by Crippen LogP contribution is 2.15. The van der Waals surface area contributed by atoms with Gasteiger partial charge < -0.3 is 15.2 Å². The summed E-state index contributed by atoms with van der Waals surface area (Å²) >= 11 is 0. The Morgan fingerprint density at radius 3 is 2.61 bits per heavy atom. The van der Waals surface area contributed by atoms with Crippen molar-refractivity contribution < 1.29 is 23.4 Å². The highest BCUT2D eigenvalue weighted by Gasteiger charge is 2.08. The van der Waals surface area contributed by atoms with Crippen LogP contribution in [-0.4, -0.2) is 29.1 Å². The van der Waals surface area contributed by atoms with Crippen molar-refractivity contribution in [3.05, 3.63) is 59.3 Å². The Hall–Kier alpha value is -2.54. The first-order chi connectivity index (χ1) is 11.1. The lowest BCUT2D eigenvalue weighted by atomic mass is 10.1. The molecule has 0 aliphatic carbocycles. The summed E-state index contributed by atoms with van der Waals surface area (Å²) in [5.41, 5.74) is 1.81. The number of rotatable bonds is 8. The van der Waals surface area contributed by atoms with E-state index in [9.17, 15) is 13.6 Å². The van der Waals surface area contributed by atoms with Gasteiger partial charge in [0.2, 0.25) is 5.88 Å². The number of carboxylic acid groups (broad SMARTS) is 1. The minimum Gasteiger partial charge on any atom is -0.478 e. The molecule has 23 heavy (non-hydrogen) atoms. The second kappa shape index (κ2) is 8.19. The first-order valence-electron chi connectivity index (χ1n) is 6.94. The van der Waals surface area contributed by atoms with Crippen molar-refractivity contribution in [2.45, 2.75) is 19.5 Å². The van der Waals surface area contributed by atoms with E-state index in [1.165, 1.54) is 18.3 Å². The molecule has 0 atom stereocenters. The van der Waals surface area contributed by atoms with Crippen LogP contribution in [0.3, 0.4) is 0 Å². The number of halogens is 2. The third-order valence-electron chi connectivity index (χ3n) is 3.04. The zero-order valence-corrected chi connectivity index (χ0v) is 12.2. The molecule has 2 rings (SSSR count). The van der Waals surface area contributed by atoms with Crippen molar-refractivity contribution in [2.24, 2.45) is 0 Å². The molecule has 5 nitrogen and oxygen atoms in total. The molecule has 0 fully saturated rings. The largest absolute Gasteiger partial charge is 0.478 e. The fourth-order valence-electron chi connectivity index (χ4n) is 1.94. The molecule has 0 bridgehead atoms. The Morgan fingerprint density at radius 2 is 1.96 bits per heavy atom. The van der Waals surface area contributed by atoms with E-state index in [1.54, 1.807) is 24.3 Å². The van der Waals surface area contributed by atoms with Gasteiger partial charge in [-0.3, -0.25) is 0 Å². The monoisotopic (exact) mass is 322 g/mol. The van der Waals surface area contributed by atoms with Crippen LogP contribution in [0.2, 0.25) is 0 Å². The topological polar surface area (TPSA) is 71.5 Å². The van der Waals surface area contributed by atoms with E-state index >= 15 is 0 Å². The molecule has 0 saturated heterocycles. The number of alkyl halides is 2. The Bertz CT molecular complexity index is 648. The number of pyridine rings is 1. The van der Waals surface area contributed by atoms with E-state index < -0.39 is 19.0 Å². The van der Waals surface area contributed by atoms with E-state index in [2.05, 4.69) is 10.3 Å². The van der Waals surface area contributed by atoms with Crippen molar-refractivity contribution in [3.8, 4) is 5.88 Å². The van der Waals surface area contributed by atoms with Crippen LogP contribution in [-0.2, 0) is 13.1 Å². The summed E-state index contributed by atoms with van der Waals surface area (Å²) in [5.74, 6) is -0.790. The molecule has 0 spiro atoms. The first-order valence-corrected chi connectivity index (χ1v) is 6.94. The van der Waals surface area contributed by atoms with Crippen LogP contribution in [0.1, 0.15) is 21.5 Å². The number of benzene rings is 1. The number of hydrogen-bond acceptors (Lipinski definition) is 4. The van der Waals surface area contributed by atoms with Crippen LogP contribution in [0.4, 0.5) is 8.78 Å². The van der Waals surface area contributed by atoms with Crippen molar-refractivity contribution in [1.29, 1.82) is 0 Å². The third-order valence-corrected chi connectivity index (χ3v) is 3.04. The Morgan fingerprint density at radius 1 is 1.22 bits per heavy atom. The van der Waals surface area contributed by atoms with E-state index in [0.717, 1.165) is 5.56 Å². The van der Waals surface area contributed by atoms with Crippen LogP contribution in [0.25, 0.3) is 0 Å². The van der Waals surface area contributed by atoms with E-state index in [-0.39, 0.29) is 11.4 Å². The molecule has 0 saturated carbocycles. The molecule has 0 radical (unpaired) electrons. The number of nitrogens with one attached hydrogen (secondary N) is 1. The quantitative estimate of drug-likeness (QED) is 0.782. The smallest absolute Gasteiger partial charge is 0.335 e. The normalized spacial score (nSPS) is 10.7. The zero-order valence-electron chi connectivity index (χ0n) is 12.2. The van der Waals surface area contributed by atoms with Crippen molar-refractivity contribution >= 4 is 5.97 Å². The van der Waals surface area contributed by atoms with Crippen LogP contribution in [0.15, 0.2) is 42.6 Å². The number of carbonyl (C=O) groups is 1. The van der Waals surface area contributed by atoms with Gasteiger partial charge in [-0.1, -0.05) is 18.2 Å². The number of ether oxygens (including phenoxy) is 1. The zero-order chi connectivity index (χ0) is 16.7. The Labute approximate surface area is 131 Å². The average Bonchev–Trinajstić information content (AvgIpc) is 2.54. The molecule has 1 aromatic heterocycles. The molecule has 0 unspecified atom stereocenters.